The summed E-state index contributed by atoms with van der Waals surface area (Å²) in [5.41, 5.74) is 2.36. The molecule has 0 aliphatic carbocycles. The van der Waals surface area contributed by atoms with Crippen molar-refractivity contribution in [1.29, 1.82) is 0 Å². The molecule has 1 atom stereocenters. The van der Waals surface area contributed by atoms with Gasteiger partial charge in [0.2, 0.25) is 0 Å². The normalized spacial score (nSPS) is 19.8. The second kappa shape index (κ2) is 7.26. The number of nitrogens with zero attached hydrogens (tertiary/aromatic N) is 1. The highest BCUT2D eigenvalue weighted by atomic mass is 16.4. The smallest absolute Gasteiger partial charge is 0.404 e. The predicted molar refractivity (Wildman–Crippen MR) is 76.7 cm³/mol. The second-order valence-electron chi connectivity index (χ2n) is 5.33. The SMILES string of the molecule is O=C(O)NCCc1ccc(CN2CCCC(O)C2)cc1. The van der Waals surface area contributed by atoms with E-state index in [1.54, 1.807) is 0 Å². The fraction of sp³-hybridized carbons (Fsp3) is 0.533. The van der Waals surface area contributed by atoms with Crippen LogP contribution >= 0.6 is 0 Å². The molecule has 110 valence electrons. The highest BCUT2D eigenvalue weighted by Crippen LogP contribution is 2.14. The summed E-state index contributed by atoms with van der Waals surface area (Å²) in [5.74, 6) is 0. The highest BCUT2D eigenvalue weighted by molar-refractivity contribution is 5.64. The van der Waals surface area contributed by atoms with Crippen LogP contribution in [0.15, 0.2) is 24.3 Å². The predicted octanol–water partition coefficient (Wildman–Crippen LogP) is 1.45. The molecule has 0 radical (unpaired) electrons. The number of β-amino-alcohol motifs (C(OH)–C–C–N with tert-alkyl or cyclic N) is 1. The van der Waals surface area contributed by atoms with E-state index in [0.29, 0.717) is 13.0 Å². The Hall–Kier alpha value is -1.59. The van der Waals surface area contributed by atoms with Gasteiger partial charge in [-0.15, -0.1) is 0 Å². The number of nitrogens with one attached hydrogen (secondary N) is 1. The lowest BCUT2D eigenvalue weighted by Crippen LogP contribution is -2.37. The molecule has 5 heteroatoms. The Bertz CT molecular complexity index is 433. The average molecular weight is 278 g/mol. The van der Waals surface area contributed by atoms with Crippen molar-refractivity contribution in [2.24, 2.45) is 0 Å². The fourth-order valence-corrected chi connectivity index (χ4v) is 2.56. The number of benzene rings is 1. The molecule has 1 heterocycles. The van der Waals surface area contributed by atoms with E-state index in [1.807, 2.05) is 12.1 Å². The van der Waals surface area contributed by atoms with Crippen LogP contribution in [0.2, 0.25) is 0 Å². The third-order valence-electron chi connectivity index (χ3n) is 3.60. The molecule has 5 nitrogen and oxygen atoms in total. The summed E-state index contributed by atoms with van der Waals surface area (Å²) in [6.45, 7) is 3.10. The van der Waals surface area contributed by atoms with Gasteiger partial charge in [0.1, 0.15) is 0 Å². The number of carboxylic acid groups (broad SMARTS) is 1. The van der Waals surface area contributed by atoms with Crippen LogP contribution in [-0.2, 0) is 13.0 Å². The van der Waals surface area contributed by atoms with Gasteiger partial charge in [-0.25, -0.2) is 4.79 Å². The van der Waals surface area contributed by atoms with E-state index >= 15 is 0 Å². The Morgan fingerprint density at radius 2 is 2.00 bits per heavy atom. The summed E-state index contributed by atoms with van der Waals surface area (Å²) in [4.78, 5) is 12.6. The van der Waals surface area contributed by atoms with E-state index in [4.69, 9.17) is 5.11 Å². The molecule has 0 bridgehead atoms. The zero-order chi connectivity index (χ0) is 14.4. The van der Waals surface area contributed by atoms with Gasteiger partial charge in [0.25, 0.3) is 0 Å². The lowest BCUT2D eigenvalue weighted by molar-refractivity contribution is 0.0668. The van der Waals surface area contributed by atoms with E-state index in [-0.39, 0.29) is 6.10 Å². The maximum atomic E-state index is 10.4. The molecule has 1 amide bonds. The van der Waals surface area contributed by atoms with Crippen LogP contribution in [0.25, 0.3) is 0 Å². The summed E-state index contributed by atoms with van der Waals surface area (Å²) in [5, 5.41) is 20.5. The van der Waals surface area contributed by atoms with Gasteiger partial charge in [-0.3, -0.25) is 4.90 Å². The molecule has 1 unspecified atom stereocenters. The average Bonchev–Trinajstić information content (AvgIpc) is 2.40. The van der Waals surface area contributed by atoms with Crippen molar-refractivity contribution in [2.45, 2.75) is 31.9 Å². The number of rotatable bonds is 5. The Morgan fingerprint density at radius 1 is 1.30 bits per heavy atom. The van der Waals surface area contributed by atoms with Gasteiger partial charge in [-0.05, 0) is 36.9 Å². The molecular formula is C15H22N2O3. The van der Waals surface area contributed by atoms with Crippen LogP contribution in [0, 0.1) is 0 Å². The van der Waals surface area contributed by atoms with E-state index < -0.39 is 6.09 Å². The molecule has 1 aliphatic rings. The van der Waals surface area contributed by atoms with Crippen LogP contribution in [-0.4, -0.2) is 46.9 Å². The van der Waals surface area contributed by atoms with E-state index in [1.165, 1.54) is 5.56 Å². The first-order chi connectivity index (χ1) is 9.63. The van der Waals surface area contributed by atoms with Gasteiger partial charge >= 0.3 is 6.09 Å². The standard InChI is InChI=1S/C15H22N2O3/c18-14-2-1-9-17(11-14)10-13-5-3-12(4-6-13)7-8-16-15(19)20/h3-6,14,16,18H,1-2,7-11H2,(H,19,20). The lowest BCUT2D eigenvalue weighted by atomic mass is 10.1. The minimum atomic E-state index is -0.981. The molecular weight excluding hydrogens is 256 g/mol. The van der Waals surface area contributed by atoms with Gasteiger partial charge in [-0.1, -0.05) is 24.3 Å². The van der Waals surface area contributed by atoms with Gasteiger partial charge in [-0.2, -0.15) is 0 Å². The summed E-state index contributed by atoms with van der Waals surface area (Å²) >= 11 is 0. The first-order valence-electron chi connectivity index (χ1n) is 7.08. The van der Waals surface area contributed by atoms with Crippen LogP contribution in [0.5, 0.6) is 0 Å². The van der Waals surface area contributed by atoms with Gasteiger partial charge in [0.15, 0.2) is 0 Å². The van der Waals surface area contributed by atoms with Crippen molar-refractivity contribution in [3.63, 3.8) is 0 Å². The number of aliphatic hydroxyl groups is 1. The van der Waals surface area contributed by atoms with E-state index in [9.17, 15) is 9.90 Å². The lowest BCUT2D eigenvalue weighted by Gasteiger charge is -2.29. The molecule has 0 aromatic heterocycles. The summed E-state index contributed by atoms with van der Waals surface area (Å²) in [6.07, 6.45) is 1.50. The molecule has 3 N–H and O–H groups in total. The highest BCUT2D eigenvalue weighted by Gasteiger charge is 2.17. The molecule has 1 aromatic rings. The van der Waals surface area contributed by atoms with Crippen LogP contribution in [0.4, 0.5) is 4.79 Å². The van der Waals surface area contributed by atoms with Gasteiger partial charge < -0.3 is 15.5 Å². The molecule has 1 saturated heterocycles. The fourth-order valence-electron chi connectivity index (χ4n) is 2.56. The quantitative estimate of drug-likeness (QED) is 0.762. The van der Waals surface area contributed by atoms with Crippen molar-refractivity contribution in [2.75, 3.05) is 19.6 Å². The number of carbonyl (C=O) groups is 1. The molecule has 1 aliphatic heterocycles. The summed E-state index contributed by atoms with van der Waals surface area (Å²) < 4.78 is 0. The van der Waals surface area contributed by atoms with Gasteiger partial charge in [0, 0.05) is 19.6 Å². The topological polar surface area (TPSA) is 72.8 Å². The molecule has 1 fully saturated rings. The maximum absolute atomic E-state index is 10.4. The second-order valence-corrected chi connectivity index (χ2v) is 5.33. The zero-order valence-corrected chi connectivity index (χ0v) is 11.6. The summed E-state index contributed by atoms with van der Waals surface area (Å²) in [7, 11) is 0. The third-order valence-corrected chi connectivity index (χ3v) is 3.60. The van der Waals surface area contributed by atoms with E-state index in [0.717, 1.165) is 38.0 Å². The Morgan fingerprint density at radius 3 is 2.65 bits per heavy atom. The van der Waals surface area contributed by atoms with Crippen molar-refractivity contribution >= 4 is 6.09 Å². The number of aliphatic hydroxyl groups excluding tert-OH is 1. The van der Waals surface area contributed by atoms with Crippen molar-refractivity contribution < 1.29 is 15.0 Å². The third kappa shape index (κ3) is 4.83. The minimum absolute atomic E-state index is 0.190. The summed E-state index contributed by atoms with van der Waals surface area (Å²) in [6, 6.07) is 8.24. The monoisotopic (exact) mass is 278 g/mol. The minimum Gasteiger partial charge on any atom is -0.465 e. The number of piperidine rings is 1. The first kappa shape index (κ1) is 14.8. The number of hydrogen-bond acceptors (Lipinski definition) is 3. The molecule has 20 heavy (non-hydrogen) atoms. The van der Waals surface area contributed by atoms with Gasteiger partial charge in [0.05, 0.1) is 6.10 Å². The first-order valence-corrected chi connectivity index (χ1v) is 7.08. The van der Waals surface area contributed by atoms with Crippen LogP contribution in [0.1, 0.15) is 24.0 Å². The molecule has 0 saturated carbocycles. The maximum Gasteiger partial charge on any atom is 0.404 e. The number of likely N-dealkylation sites (tertiary alicyclic amines) is 1. The zero-order valence-electron chi connectivity index (χ0n) is 11.6. The number of amides is 1. The van der Waals surface area contributed by atoms with Crippen molar-refractivity contribution in [3.05, 3.63) is 35.4 Å². The largest absolute Gasteiger partial charge is 0.465 e. The van der Waals surface area contributed by atoms with Crippen LogP contribution in [0.3, 0.4) is 0 Å². The molecule has 1 aromatic carbocycles. The van der Waals surface area contributed by atoms with Crippen molar-refractivity contribution in [1.82, 2.24) is 10.2 Å². The Balaban J connectivity index is 1.80. The Labute approximate surface area is 119 Å². The molecule has 0 spiro atoms. The molecule has 2 rings (SSSR count). The number of hydrogen-bond donors (Lipinski definition) is 3. The van der Waals surface area contributed by atoms with Crippen molar-refractivity contribution in [3.8, 4) is 0 Å². The van der Waals surface area contributed by atoms with E-state index in [2.05, 4.69) is 22.3 Å². The Kier molecular flexibility index (Phi) is 5.38. The van der Waals surface area contributed by atoms with Crippen LogP contribution < -0.4 is 5.32 Å².